The van der Waals surface area contributed by atoms with E-state index in [2.05, 4.69) is 27.4 Å². The number of aryl methyl sites for hydroxylation is 2. The van der Waals surface area contributed by atoms with Gasteiger partial charge in [0, 0.05) is 18.8 Å². The Hall–Kier alpha value is -2.69. The summed E-state index contributed by atoms with van der Waals surface area (Å²) in [6, 6.07) is 15.3. The highest BCUT2D eigenvalue weighted by Crippen LogP contribution is 2.15. The highest BCUT2D eigenvalue weighted by molar-refractivity contribution is 5.52. The molecule has 5 nitrogen and oxygen atoms in total. The van der Waals surface area contributed by atoms with Crippen molar-refractivity contribution in [3.63, 3.8) is 0 Å². The van der Waals surface area contributed by atoms with Gasteiger partial charge in [-0.15, -0.1) is 0 Å². The lowest BCUT2D eigenvalue weighted by molar-refractivity contribution is 0.619. The third kappa shape index (κ3) is 2.66. The number of nitrogens with one attached hydrogen (secondary N) is 1. The number of aromatic nitrogens is 4. The molecule has 0 fully saturated rings. The molecule has 0 spiro atoms. The van der Waals surface area contributed by atoms with E-state index in [0.29, 0.717) is 0 Å². The maximum atomic E-state index is 11.0. The predicted molar refractivity (Wildman–Crippen MR) is 76.2 cm³/mol. The van der Waals surface area contributed by atoms with Crippen LogP contribution in [0, 0.1) is 0 Å². The molecule has 100 valence electrons. The van der Waals surface area contributed by atoms with Gasteiger partial charge >= 0.3 is 0 Å². The zero-order chi connectivity index (χ0) is 13.8. The molecule has 2 heterocycles. The van der Waals surface area contributed by atoms with Gasteiger partial charge in [0.2, 0.25) is 0 Å². The highest BCUT2D eigenvalue weighted by Gasteiger charge is 2.06. The van der Waals surface area contributed by atoms with Gasteiger partial charge in [-0.05, 0) is 24.1 Å². The summed E-state index contributed by atoms with van der Waals surface area (Å²) < 4.78 is 1.90. The number of H-pyrrole nitrogens is 1. The Morgan fingerprint density at radius 3 is 2.65 bits per heavy atom. The van der Waals surface area contributed by atoms with E-state index in [1.54, 1.807) is 12.3 Å². The van der Waals surface area contributed by atoms with E-state index in [4.69, 9.17) is 0 Å². The number of aromatic amines is 1. The zero-order valence-corrected chi connectivity index (χ0v) is 10.9. The molecule has 0 radical (unpaired) electrons. The number of benzene rings is 1. The molecule has 3 rings (SSSR count). The van der Waals surface area contributed by atoms with Crippen molar-refractivity contribution in [3.05, 3.63) is 70.6 Å². The number of nitrogens with zero attached hydrogens (tertiary/aromatic N) is 3. The van der Waals surface area contributed by atoms with Crippen LogP contribution in [0.1, 0.15) is 5.56 Å². The van der Waals surface area contributed by atoms with Gasteiger partial charge in [-0.25, -0.2) is 5.10 Å². The highest BCUT2D eigenvalue weighted by atomic mass is 16.1. The molecule has 2 aromatic heterocycles. The molecule has 3 aromatic rings. The Morgan fingerprint density at radius 1 is 1.05 bits per heavy atom. The van der Waals surface area contributed by atoms with Crippen LogP contribution >= 0.6 is 0 Å². The Labute approximate surface area is 115 Å². The molecule has 1 N–H and O–H groups in total. The van der Waals surface area contributed by atoms with Gasteiger partial charge in [-0.1, -0.05) is 30.3 Å². The fourth-order valence-corrected chi connectivity index (χ4v) is 2.10. The van der Waals surface area contributed by atoms with Crippen molar-refractivity contribution in [1.82, 2.24) is 20.0 Å². The minimum Gasteiger partial charge on any atom is -0.268 e. The lowest BCUT2D eigenvalue weighted by Crippen LogP contribution is -2.09. The van der Waals surface area contributed by atoms with E-state index in [0.717, 1.165) is 24.4 Å². The van der Waals surface area contributed by atoms with Gasteiger partial charge in [0.25, 0.3) is 5.56 Å². The third-order valence-corrected chi connectivity index (χ3v) is 3.11. The fourth-order valence-electron chi connectivity index (χ4n) is 2.10. The minimum atomic E-state index is -0.205. The Bertz CT molecular complexity index is 725. The molecule has 5 heteroatoms. The van der Waals surface area contributed by atoms with Crippen LogP contribution in [0.5, 0.6) is 0 Å². The molecule has 0 saturated heterocycles. The van der Waals surface area contributed by atoms with E-state index in [9.17, 15) is 4.79 Å². The van der Waals surface area contributed by atoms with E-state index >= 15 is 0 Å². The maximum absolute atomic E-state index is 11.0. The predicted octanol–water partition coefficient (Wildman–Crippen LogP) is 1.88. The molecular formula is C15H14N4O. The normalized spacial score (nSPS) is 10.6. The van der Waals surface area contributed by atoms with Gasteiger partial charge in [-0.2, -0.15) is 10.2 Å². The molecule has 0 unspecified atom stereocenters. The molecule has 0 bridgehead atoms. The Balaban J connectivity index is 1.80. The van der Waals surface area contributed by atoms with Crippen LogP contribution in [0.4, 0.5) is 0 Å². The summed E-state index contributed by atoms with van der Waals surface area (Å²) in [5.74, 6) is 0. The molecule has 1 aromatic carbocycles. The van der Waals surface area contributed by atoms with E-state index in [1.165, 1.54) is 11.6 Å². The molecule has 0 aliphatic heterocycles. The maximum Gasteiger partial charge on any atom is 0.264 e. The van der Waals surface area contributed by atoms with Crippen molar-refractivity contribution < 1.29 is 0 Å². The Kier molecular flexibility index (Phi) is 3.41. The number of hydrogen-bond acceptors (Lipinski definition) is 3. The van der Waals surface area contributed by atoms with Gasteiger partial charge in [-0.3, -0.25) is 9.48 Å². The van der Waals surface area contributed by atoms with Crippen LogP contribution in [0.2, 0.25) is 0 Å². The van der Waals surface area contributed by atoms with Crippen molar-refractivity contribution >= 4 is 0 Å². The average molecular weight is 266 g/mol. The van der Waals surface area contributed by atoms with E-state index in [-0.39, 0.29) is 5.56 Å². The van der Waals surface area contributed by atoms with Crippen LogP contribution in [0.3, 0.4) is 0 Å². The van der Waals surface area contributed by atoms with Gasteiger partial charge in [0.05, 0.1) is 5.69 Å². The summed E-state index contributed by atoms with van der Waals surface area (Å²) in [6.45, 7) is 0.771. The third-order valence-electron chi connectivity index (χ3n) is 3.11. The van der Waals surface area contributed by atoms with Crippen LogP contribution < -0.4 is 5.56 Å². The summed E-state index contributed by atoms with van der Waals surface area (Å²) in [5, 5.41) is 10.8. The molecule has 0 aliphatic rings. The van der Waals surface area contributed by atoms with Gasteiger partial charge in [0.15, 0.2) is 0 Å². The molecular weight excluding hydrogens is 252 g/mol. The van der Waals surface area contributed by atoms with Crippen LogP contribution in [-0.4, -0.2) is 20.0 Å². The smallest absolute Gasteiger partial charge is 0.264 e. The fraction of sp³-hybridized carbons (Fsp3) is 0.133. The first-order valence-corrected chi connectivity index (χ1v) is 6.45. The lowest BCUT2D eigenvalue weighted by Gasteiger charge is -2.06. The van der Waals surface area contributed by atoms with Crippen molar-refractivity contribution in [2.75, 3.05) is 0 Å². The first kappa shape index (κ1) is 12.3. The zero-order valence-electron chi connectivity index (χ0n) is 10.9. The largest absolute Gasteiger partial charge is 0.268 e. The minimum absolute atomic E-state index is 0.205. The summed E-state index contributed by atoms with van der Waals surface area (Å²) in [4.78, 5) is 11.0. The first-order valence-electron chi connectivity index (χ1n) is 6.45. The molecule has 0 atom stereocenters. The molecule has 20 heavy (non-hydrogen) atoms. The second-order valence-corrected chi connectivity index (χ2v) is 4.48. The first-order chi connectivity index (χ1) is 9.83. The van der Waals surface area contributed by atoms with Crippen molar-refractivity contribution in [2.24, 2.45) is 0 Å². The van der Waals surface area contributed by atoms with Crippen LogP contribution in [-0.2, 0) is 13.0 Å². The van der Waals surface area contributed by atoms with Crippen LogP contribution in [0.25, 0.3) is 11.4 Å². The van der Waals surface area contributed by atoms with E-state index < -0.39 is 0 Å². The molecule has 0 saturated carbocycles. The monoisotopic (exact) mass is 266 g/mol. The average Bonchev–Trinajstić information content (AvgIpc) is 2.95. The molecule has 0 aliphatic carbocycles. The van der Waals surface area contributed by atoms with Gasteiger partial charge < -0.3 is 0 Å². The van der Waals surface area contributed by atoms with E-state index in [1.807, 2.05) is 28.9 Å². The second kappa shape index (κ2) is 5.52. The van der Waals surface area contributed by atoms with Crippen molar-refractivity contribution in [3.8, 4) is 11.4 Å². The summed E-state index contributed by atoms with van der Waals surface area (Å²) in [6.07, 6.45) is 2.64. The Morgan fingerprint density at radius 2 is 1.90 bits per heavy atom. The number of rotatable bonds is 4. The summed E-state index contributed by atoms with van der Waals surface area (Å²) >= 11 is 0. The lowest BCUT2D eigenvalue weighted by atomic mass is 10.1. The summed E-state index contributed by atoms with van der Waals surface area (Å²) in [7, 11) is 0. The van der Waals surface area contributed by atoms with Crippen molar-refractivity contribution in [2.45, 2.75) is 13.0 Å². The van der Waals surface area contributed by atoms with Gasteiger partial charge in [0.1, 0.15) is 5.69 Å². The van der Waals surface area contributed by atoms with Crippen LogP contribution in [0.15, 0.2) is 59.5 Å². The number of hydrogen-bond donors (Lipinski definition) is 1. The SMILES string of the molecule is O=c1ccc(-c2ccnn2CCc2ccccc2)n[nH]1. The van der Waals surface area contributed by atoms with Crippen molar-refractivity contribution in [1.29, 1.82) is 0 Å². The standard InChI is InChI=1S/C15H14N4O/c20-15-7-6-13(17-18-15)14-8-10-16-19(14)11-9-12-4-2-1-3-5-12/h1-8,10H,9,11H2,(H,18,20). The second-order valence-electron chi connectivity index (χ2n) is 4.48. The topological polar surface area (TPSA) is 63.6 Å². The molecule has 0 amide bonds. The summed E-state index contributed by atoms with van der Waals surface area (Å²) in [5.41, 5.74) is 2.68. The quantitative estimate of drug-likeness (QED) is 0.784.